The molecule has 3 aromatic rings. The zero-order chi connectivity index (χ0) is 20.3. The number of hydrogen-bond acceptors (Lipinski definition) is 6. The summed E-state index contributed by atoms with van der Waals surface area (Å²) < 4.78 is 17.2. The Balaban J connectivity index is 1.15. The number of benzene rings is 2. The van der Waals surface area contributed by atoms with Crippen LogP contribution in [0.25, 0.3) is 11.4 Å². The normalized spacial score (nSPS) is 19.2. The van der Waals surface area contributed by atoms with Crippen molar-refractivity contribution in [3.05, 3.63) is 60.0 Å². The Bertz CT molecular complexity index is 981. The van der Waals surface area contributed by atoms with Gasteiger partial charge in [0.05, 0.1) is 6.61 Å². The Morgan fingerprint density at radius 2 is 1.93 bits per heavy atom. The molecule has 0 N–H and O–H groups in total. The fourth-order valence-electron chi connectivity index (χ4n) is 3.92. The summed E-state index contributed by atoms with van der Waals surface area (Å²) in [6.45, 7) is 5.58. The van der Waals surface area contributed by atoms with Crippen LogP contribution in [0.15, 0.2) is 53.1 Å². The summed E-state index contributed by atoms with van der Waals surface area (Å²) in [5.74, 6) is 3.72. The maximum Gasteiger partial charge on any atom is 0.230 e. The van der Waals surface area contributed by atoms with Crippen LogP contribution in [0.2, 0.25) is 0 Å². The Hall–Kier alpha value is -2.86. The second-order valence-electron chi connectivity index (χ2n) is 8.10. The highest BCUT2D eigenvalue weighted by atomic mass is 16.5. The lowest BCUT2D eigenvalue weighted by atomic mass is 10.2. The van der Waals surface area contributed by atoms with Crippen molar-refractivity contribution in [3.63, 3.8) is 0 Å². The topological polar surface area (TPSA) is 60.6 Å². The lowest BCUT2D eigenvalue weighted by Gasteiger charge is -2.17. The third-order valence-electron chi connectivity index (χ3n) is 5.63. The molecule has 0 amide bonds. The number of likely N-dealkylation sites (tertiary alicyclic amines) is 1. The molecule has 0 spiro atoms. The molecule has 6 heteroatoms. The maximum atomic E-state index is 6.22. The first kappa shape index (κ1) is 19.1. The van der Waals surface area contributed by atoms with Gasteiger partial charge in [-0.3, -0.25) is 4.90 Å². The van der Waals surface area contributed by atoms with Crippen molar-refractivity contribution < 1.29 is 14.0 Å². The molecule has 0 bridgehead atoms. The summed E-state index contributed by atoms with van der Waals surface area (Å²) in [5, 5.41) is 4.11. The fraction of sp³-hybridized carbons (Fsp3) is 0.417. The van der Waals surface area contributed by atoms with Crippen LogP contribution in [-0.4, -0.2) is 40.8 Å². The molecule has 1 saturated carbocycles. The lowest BCUT2D eigenvalue weighted by Crippen LogP contribution is -2.24. The second-order valence-corrected chi connectivity index (χ2v) is 8.10. The average Bonchev–Trinajstić information content (AvgIpc) is 3.33. The predicted molar refractivity (Wildman–Crippen MR) is 114 cm³/mol. The molecule has 1 aliphatic carbocycles. The molecule has 2 aromatic carbocycles. The van der Waals surface area contributed by atoms with Crippen molar-refractivity contribution in [2.45, 2.75) is 44.8 Å². The van der Waals surface area contributed by atoms with Crippen LogP contribution < -0.4 is 9.47 Å². The monoisotopic (exact) mass is 405 g/mol. The fourth-order valence-corrected chi connectivity index (χ4v) is 3.92. The molecule has 0 radical (unpaired) electrons. The van der Waals surface area contributed by atoms with Gasteiger partial charge in [0, 0.05) is 31.1 Å². The summed E-state index contributed by atoms with van der Waals surface area (Å²) in [6.07, 6.45) is 3.55. The van der Waals surface area contributed by atoms with Crippen LogP contribution in [0, 0.1) is 0 Å². The molecule has 5 rings (SSSR count). The number of rotatable bonds is 8. The molecule has 30 heavy (non-hydrogen) atoms. The van der Waals surface area contributed by atoms with Gasteiger partial charge in [-0.1, -0.05) is 17.3 Å². The van der Waals surface area contributed by atoms with E-state index in [1.54, 1.807) is 0 Å². The molecule has 2 aliphatic rings. The van der Waals surface area contributed by atoms with E-state index in [1.807, 2.05) is 37.3 Å². The summed E-state index contributed by atoms with van der Waals surface area (Å²) in [4.78, 5) is 6.94. The van der Waals surface area contributed by atoms with E-state index in [-0.39, 0.29) is 6.10 Å². The minimum Gasteiger partial charge on any atom is -0.494 e. The third-order valence-corrected chi connectivity index (χ3v) is 5.63. The van der Waals surface area contributed by atoms with Crippen molar-refractivity contribution in [2.75, 3.05) is 19.7 Å². The molecule has 1 aromatic heterocycles. The summed E-state index contributed by atoms with van der Waals surface area (Å²) in [7, 11) is 0. The van der Waals surface area contributed by atoms with Crippen molar-refractivity contribution >= 4 is 0 Å². The number of ether oxygens (including phenoxy) is 2. The first-order valence-electron chi connectivity index (χ1n) is 10.8. The molecular formula is C24H27N3O3. The SMILES string of the molecule is CCOc1cccc(CN2CCC(Oc3ccc(-c4noc(C5CC5)n4)cc3)C2)c1. The second kappa shape index (κ2) is 8.48. The number of nitrogens with zero attached hydrogens (tertiary/aromatic N) is 3. The van der Waals surface area contributed by atoms with Crippen LogP contribution in [0.3, 0.4) is 0 Å². The van der Waals surface area contributed by atoms with E-state index in [0.717, 1.165) is 61.8 Å². The maximum absolute atomic E-state index is 6.22. The van der Waals surface area contributed by atoms with Crippen LogP contribution in [0.5, 0.6) is 11.5 Å². The van der Waals surface area contributed by atoms with E-state index in [0.29, 0.717) is 18.3 Å². The first-order chi connectivity index (χ1) is 14.8. The van der Waals surface area contributed by atoms with Gasteiger partial charge in [0.2, 0.25) is 11.7 Å². The summed E-state index contributed by atoms with van der Waals surface area (Å²) in [5.41, 5.74) is 2.23. The van der Waals surface area contributed by atoms with Crippen molar-refractivity contribution in [2.24, 2.45) is 0 Å². The smallest absolute Gasteiger partial charge is 0.230 e. The third kappa shape index (κ3) is 4.49. The quantitative estimate of drug-likeness (QED) is 0.543. The van der Waals surface area contributed by atoms with E-state index >= 15 is 0 Å². The molecule has 1 saturated heterocycles. The Kier molecular flexibility index (Phi) is 5.41. The molecule has 1 atom stereocenters. The molecule has 156 valence electrons. The van der Waals surface area contributed by atoms with E-state index < -0.39 is 0 Å². The van der Waals surface area contributed by atoms with Gasteiger partial charge in [-0.05, 0) is 68.1 Å². The van der Waals surface area contributed by atoms with Gasteiger partial charge >= 0.3 is 0 Å². The number of hydrogen-bond donors (Lipinski definition) is 0. The predicted octanol–water partition coefficient (Wildman–Crippen LogP) is 4.67. The average molecular weight is 405 g/mol. The van der Waals surface area contributed by atoms with E-state index in [9.17, 15) is 0 Å². The van der Waals surface area contributed by atoms with Crippen LogP contribution in [0.4, 0.5) is 0 Å². The molecule has 1 aliphatic heterocycles. The minimum atomic E-state index is 0.206. The standard InChI is InChI=1S/C24H27N3O3/c1-2-28-21-5-3-4-17(14-21)15-27-13-12-22(16-27)29-20-10-8-18(9-11-20)23-25-24(30-26-23)19-6-7-19/h3-5,8-11,14,19,22H,2,6-7,12-13,15-16H2,1H3. The highest BCUT2D eigenvalue weighted by Crippen LogP contribution is 2.39. The van der Waals surface area contributed by atoms with E-state index in [4.69, 9.17) is 14.0 Å². The largest absolute Gasteiger partial charge is 0.494 e. The van der Waals surface area contributed by atoms with E-state index in [2.05, 4.69) is 33.2 Å². The Morgan fingerprint density at radius 1 is 1.07 bits per heavy atom. The molecule has 6 nitrogen and oxygen atoms in total. The lowest BCUT2D eigenvalue weighted by molar-refractivity contribution is 0.198. The molecule has 2 fully saturated rings. The first-order valence-corrected chi connectivity index (χ1v) is 10.8. The minimum absolute atomic E-state index is 0.206. The highest BCUT2D eigenvalue weighted by Gasteiger charge is 2.30. The van der Waals surface area contributed by atoms with Crippen molar-refractivity contribution in [1.29, 1.82) is 0 Å². The summed E-state index contributed by atoms with van der Waals surface area (Å²) in [6, 6.07) is 16.3. The van der Waals surface area contributed by atoms with Crippen LogP contribution in [0.1, 0.15) is 43.6 Å². The van der Waals surface area contributed by atoms with Gasteiger partial charge in [0.25, 0.3) is 0 Å². The summed E-state index contributed by atoms with van der Waals surface area (Å²) >= 11 is 0. The number of aromatic nitrogens is 2. The van der Waals surface area contributed by atoms with Crippen LogP contribution in [-0.2, 0) is 6.54 Å². The van der Waals surface area contributed by atoms with Crippen LogP contribution >= 0.6 is 0 Å². The molecular weight excluding hydrogens is 378 g/mol. The molecule has 2 heterocycles. The van der Waals surface area contributed by atoms with Gasteiger partial charge in [-0.2, -0.15) is 4.98 Å². The van der Waals surface area contributed by atoms with Gasteiger partial charge < -0.3 is 14.0 Å². The van der Waals surface area contributed by atoms with Gasteiger partial charge in [0.1, 0.15) is 17.6 Å². The zero-order valence-corrected chi connectivity index (χ0v) is 17.3. The van der Waals surface area contributed by atoms with Gasteiger partial charge in [0.15, 0.2) is 0 Å². The highest BCUT2D eigenvalue weighted by molar-refractivity contribution is 5.55. The van der Waals surface area contributed by atoms with E-state index in [1.165, 1.54) is 5.56 Å². The van der Waals surface area contributed by atoms with Gasteiger partial charge in [-0.25, -0.2) is 0 Å². The molecule has 1 unspecified atom stereocenters. The van der Waals surface area contributed by atoms with Gasteiger partial charge in [-0.15, -0.1) is 0 Å². The van der Waals surface area contributed by atoms with Crippen molar-refractivity contribution in [1.82, 2.24) is 15.0 Å². The Labute approximate surface area is 176 Å². The van der Waals surface area contributed by atoms with Crippen molar-refractivity contribution in [3.8, 4) is 22.9 Å². The zero-order valence-electron chi connectivity index (χ0n) is 17.3. The Morgan fingerprint density at radius 3 is 2.73 bits per heavy atom.